The number of nitrogens with zero attached hydrogens (tertiary/aromatic N) is 1. The van der Waals surface area contributed by atoms with Crippen molar-refractivity contribution in [1.82, 2.24) is 15.3 Å². The van der Waals surface area contributed by atoms with Crippen LogP contribution in [-0.4, -0.2) is 41.5 Å². The molecule has 28 heavy (non-hydrogen) atoms. The SMILES string of the molecule is COC(=O)c1ccc2c(=O)[nH]c(COC(=O)CNC(=O)c3cccs3)nc2c1. The minimum Gasteiger partial charge on any atom is -0.465 e. The molecular formula is C18H15N3O6S. The predicted molar refractivity (Wildman–Crippen MR) is 100 cm³/mol. The zero-order valence-electron chi connectivity index (χ0n) is 14.7. The van der Waals surface area contributed by atoms with Crippen LogP contribution < -0.4 is 10.9 Å². The zero-order chi connectivity index (χ0) is 20.1. The number of amides is 1. The van der Waals surface area contributed by atoms with Crippen LogP contribution in [-0.2, 0) is 20.9 Å². The molecule has 3 aromatic rings. The monoisotopic (exact) mass is 401 g/mol. The summed E-state index contributed by atoms with van der Waals surface area (Å²) in [5.74, 6) is -1.51. The molecule has 1 amide bonds. The zero-order valence-corrected chi connectivity index (χ0v) is 15.5. The number of thiophene rings is 1. The highest BCUT2D eigenvalue weighted by Gasteiger charge is 2.12. The number of H-pyrrole nitrogens is 1. The number of rotatable bonds is 6. The molecule has 2 heterocycles. The number of carbonyl (C=O) groups excluding carboxylic acids is 3. The van der Waals surface area contributed by atoms with Gasteiger partial charge < -0.3 is 19.8 Å². The van der Waals surface area contributed by atoms with Gasteiger partial charge >= 0.3 is 11.9 Å². The second-order valence-corrected chi connectivity index (χ2v) is 6.50. The second-order valence-electron chi connectivity index (χ2n) is 5.56. The Morgan fingerprint density at radius 3 is 2.79 bits per heavy atom. The minimum atomic E-state index is -0.684. The van der Waals surface area contributed by atoms with Crippen LogP contribution in [0.2, 0.25) is 0 Å². The molecule has 0 saturated carbocycles. The van der Waals surface area contributed by atoms with Gasteiger partial charge in [-0.05, 0) is 29.6 Å². The van der Waals surface area contributed by atoms with Gasteiger partial charge in [-0.25, -0.2) is 9.78 Å². The van der Waals surface area contributed by atoms with Crippen molar-refractivity contribution in [1.29, 1.82) is 0 Å². The molecule has 0 atom stereocenters. The molecule has 0 aliphatic carbocycles. The average molecular weight is 401 g/mol. The van der Waals surface area contributed by atoms with Crippen LogP contribution in [0.3, 0.4) is 0 Å². The summed E-state index contributed by atoms with van der Waals surface area (Å²) in [6, 6.07) is 7.70. The quantitative estimate of drug-likeness (QED) is 0.595. The Morgan fingerprint density at radius 1 is 1.25 bits per heavy atom. The number of hydrogen-bond acceptors (Lipinski definition) is 8. The van der Waals surface area contributed by atoms with Crippen molar-refractivity contribution >= 4 is 40.1 Å². The highest BCUT2D eigenvalue weighted by Crippen LogP contribution is 2.12. The van der Waals surface area contributed by atoms with E-state index in [1.165, 1.54) is 36.6 Å². The van der Waals surface area contributed by atoms with E-state index in [0.29, 0.717) is 4.88 Å². The van der Waals surface area contributed by atoms with Gasteiger partial charge in [0, 0.05) is 0 Å². The van der Waals surface area contributed by atoms with E-state index in [-0.39, 0.29) is 41.3 Å². The average Bonchev–Trinajstić information content (AvgIpc) is 3.24. The molecule has 0 saturated heterocycles. The highest BCUT2D eigenvalue weighted by molar-refractivity contribution is 7.12. The van der Waals surface area contributed by atoms with Crippen LogP contribution in [0.5, 0.6) is 0 Å². The van der Waals surface area contributed by atoms with Crippen molar-refractivity contribution in [3.63, 3.8) is 0 Å². The van der Waals surface area contributed by atoms with Crippen LogP contribution in [0.1, 0.15) is 25.9 Å². The molecule has 0 unspecified atom stereocenters. The first-order chi connectivity index (χ1) is 13.5. The van der Waals surface area contributed by atoms with Crippen LogP contribution in [0.25, 0.3) is 10.9 Å². The molecule has 0 bridgehead atoms. The predicted octanol–water partition coefficient (Wildman–Crippen LogP) is 1.24. The first kappa shape index (κ1) is 19.2. The first-order valence-electron chi connectivity index (χ1n) is 8.06. The van der Waals surface area contributed by atoms with Gasteiger partial charge in [-0.2, -0.15) is 0 Å². The number of methoxy groups -OCH3 is 1. The third kappa shape index (κ3) is 4.41. The number of ether oxygens (including phenoxy) is 2. The summed E-state index contributed by atoms with van der Waals surface area (Å²) >= 11 is 1.25. The lowest BCUT2D eigenvalue weighted by molar-refractivity contribution is -0.143. The fraction of sp³-hybridized carbons (Fsp3) is 0.167. The molecule has 10 heteroatoms. The van der Waals surface area contributed by atoms with E-state index in [1.807, 2.05) is 0 Å². The van der Waals surface area contributed by atoms with Crippen molar-refractivity contribution in [3.05, 3.63) is 62.3 Å². The number of aromatic amines is 1. The Kier molecular flexibility index (Phi) is 5.80. The smallest absolute Gasteiger partial charge is 0.337 e. The molecule has 9 nitrogen and oxygen atoms in total. The molecule has 0 aliphatic rings. The van der Waals surface area contributed by atoms with Crippen LogP contribution >= 0.6 is 11.3 Å². The lowest BCUT2D eigenvalue weighted by Gasteiger charge is -2.07. The van der Waals surface area contributed by atoms with Gasteiger partial charge in [0.2, 0.25) is 0 Å². The number of benzene rings is 1. The molecule has 3 rings (SSSR count). The van der Waals surface area contributed by atoms with Gasteiger partial charge in [0.25, 0.3) is 11.5 Å². The lowest BCUT2D eigenvalue weighted by Crippen LogP contribution is -2.30. The molecule has 2 aromatic heterocycles. The van der Waals surface area contributed by atoms with E-state index >= 15 is 0 Å². The molecule has 1 aromatic carbocycles. The third-order valence-electron chi connectivity index (χ3n) is 3.68. The highest BCUT2D eigenvalue weighted by atomic mass is 32.1. The van der Waals surface area contributed by atoms with Crippen molar-refractivity contribution in [2.75, 3.05) is 13.7 Å². The van der Waals surface area contributed by atoms with E-state index in [9.17, 15) is 19.2 Å². The summed E-state index contributed by atoms with van der Waals surface area (Å²) in [5.41, 5.74) is 0.0782. The van der Waals surface area contributed by atoms with Gasteiger partial charge in [-0.3, -0.25) is 14.4 Å². The van der Waals surface area contributed by atoms with E-state index < -0.39 is 17.5 Å². The minimum absolute atomic E-state index is 0.109. The Labute approximate surface area is 162 Å². The van der Waals surface area contributed by atoms with Crippen molar-refractivity contribution in [2.24, 2.45) is 0 Å². The maximum Gasteiger partial charge on any atom is 0.337 e. The van der Waals surface area contributed by atoms with Crippen molar-refractivity contribution in [2.45, 2.75) is 6.61 Å². The number of hydrogen-bond donors (Lipinski definition) is 2. The van der Waals surface area contributed by atoms with Gasteiger partial charge in [-0.1, -0.05) is 6.07 Å². The molecule has 2 N–H and O–H groups in total. The Balaban J connectivity index is 1.65. The van der Waals surface area contributed by atoms with Crippen molar-refractivity contribution in [3.8, 4) is 0 Å². The maximum absolute atomic E-state index is 12.1. The van der Waals surface area contributed by atoms with Crippen LogP contribution in [0.15, 0.2) is 40.5 Å². The Hall–Kier alpha value is -3.53. The van der Waals surface area contributed by atoms with E-state index in [1.54, 1.807) is 17.5 Å². The number of fused-ring (bicyclic) bond motifs is 1. The third-order valence-corrected chi connectivity index (χ3v) is 4.55. The molecule has 0 aliphatic heterocycles. The Morgan fingerprint density at radius 2 is 2.07 bits per heavy atom. The fourth-order valence-corrected chi connectivity index (χ4v) is 2.99. The van der Waals surface area contributed by atoms with Gasteiger partial charge in [0.05, 0.1) is 28.5 Å². The molecule has 0 spiro atoms. The summed E-state index contributed by atoms with van der Waals surface area (Å²) in [4.78, 5) is 54.5. The molecule has 144 valence electrons. The normalized spacial score (nSPS) is 10.5. The molecule has 0 fully saturated rings. The van der Waals surface area contributed by atoms with Gasteiger partial charge in [0.1, 0.15) is 19.0 Å². The summed E-state index contributed by atoms with van der Waals surface area (Å²) in [6.45, 7) is -0.609. The standard InChI is InChI=1S/C18H15N3O6S/c1-26-18(25)10-4-5-11-12(7-10)20-14(21-16(11)23)9-27-15(22)8-19-17(24)13-3-2-6-28-13/h2-7H,8-9H2,1H3,(H,19,24)(H,20,21,23). The van der Waals surface area contributed by atoms with E-state index in [4.69, 9.17) is 4.74 Å². The molecule has 0 radical (unpaired) electrons. The lowest BCUT2D eigenvalue weighted by atomic mass is 10.1. The molecular weight excluding hydrogens is 386 g/mol. The van der Waals surface area contributed by atoms with Crippen LogP contribution in [0.4, 0.5) is 0 Å². The summed E-state index contributed by atoms with van der Waals surface area (Å²) < 4.78 is 9.67. The largest absolute Gasteiger partial charge is 0.465 e. The summed E-state index contributed by atoms with van der Waals surface area (Å²) in [6.07, 6.45) is 0. The summed E-state index contributed by atoms with van der Waals surface area (Å²) in [5, 5.41) is 4.48. The van der Waals surface area contributed by atoms with Crippen LogP contribution in [0, 0.1) is 0 Å². The topological polar surface area (TPSA) is 127 Å². The number of nitrogens with one attached hydrogen (secondary N) is 2. The maximum atomic E-state index is 12.1. The summed E-state index contributed by atoms with van der Waals surface area (Å²) in [7, 11) is 1.25. The number of aromatic nitrogens is 2. The second kappa shape index (κ2) is 8.44. The van der Waals surface area contributed by atoms with Crippen molar-refractivity contribution < 1.29 is 23.9 Å². The Bertz CT molecular complexity index is 1090. The van der Waals surface area contributed by atoms with E-state index in [0.717, 1.165) is 0 Å². The first-order valence-corrected chi connectivity index (χ1v) is 8.94. The number of esters is 2. The van der Waals surface area contributed by atoms with Gasteiger partial charge in [-0.15, -0.1) is 11.3 Å². The van der Waals surface area contributed by atoms with Gasteiger partial charge in [0.15, 0.2) is 0 Å². The fourth-order valence-electron chi connectivity index (χ4n) is 2.35. The number of carbonyl (C=O) groups is 3. The van der Waals surface area contributed by atoms with E-state index in [2.05, 4.69) is 20.0 Å².